The number of fused-ring (bicyclic) bond motifs is 1. The second-order valence-electron chi connectivity index (χ2n) is 9.27. The minimum absolute atomic E-state index is 0.0693. The van der Waals surface area contributed by atoms with Gasteiger partial charge in [-0.1, -0.05) is 50.2 Å². The van der Waals surface area contributed by atoms with Crippen LogP contribution in [0.4, 0.5) is 0 Å². The highest BCUT2D eigenvalue weighted by Gasteiger charge is 2.36. The third kappa shape index (κ3) is 3.36. The Morgan fingerprint density at radius 1 is 1.03 bits per heavy atom. The van der Waals surface area contributed by atoms with E-state index in [9.17, 15) is 4.79 Å². The predicted molar refractivity (Wildman–Crippen MR) is 132 cm³/mol. The van der Waals surface area contributed by atoms with Crippen molar-refractivity contribution in [3.8, 4) is 17.1 Å². The molecule has 0 aliphatic heterocycles. The molecule has 3 aromatic heterocycles. The van der Waals surface area contributed by atoms with Crippen molar-refractivity contribution in [1.29, 1.82) is 0 Å². The number of nitrogens with one attached hydrogen (secondary N) is 1. The van der Waals surface area contributed by atoms with Crippen LogP contribution in [0.1, 0.15) is 55.7 Å². The largest absolute Gasteiger partial charge is 0.327 e. The van der Waals surface area contributed by atoms with Crippen LogP contribution in [0.15, 0.2) is 78.0 Å². The van der Waals surface area contributed by atoms with Crippen LogP contribution in [0, 0.1) is 0 Å². The van der Waals surface area contributed by atoms with Crippen molar-refractivity contribution in [2.24, 2.45) is 0 Å². The van der Waals surface area contributed by atoms with Crippen LogP contribution in [-0.4, -0.2) is 29.3 Å². The summed E-state index contributed by atoms with van der Waals surface area (Å²) in [7, 11) is 0. The predicted octanol–water partition coefficient (Wildman–Crippen LogP) is 5.21. The maximum absolute atomic E-state index is 13.0. The van der Waals surface area contributed by atoms with E-state index in [2.05, 4.69) is 65.3 Å². The summed E-state index contributed by atoms with van der Waals surface area (Å²) in [6.45, 7) is 4.33. The first-order valence-corrected chi connectivity index (χ1v) is 11.8. The van der Waals surface area contributed by atoms with E-state index in [-0.39, 0.29) is 17.6 Å². The monoisotopic (exact) mass is 450 g/mol. The van der Waals surface area contributed by atoms with E-state index in [0.717, 1.165) is 24.1 Å². The number of rotatable bonds is 5. The fourth-order valence-electron chi connectivity index (χ4n) is 5.03. The van der Waals surface area contributed by atoms with E-state index in [1.54, 1.807) is 12.4 Å². The summed E-state index contributed by atoms with van der Waals surface area (Å²) >= 11 is 0. The summed E-state index contributed by atoms with van der Waals surface area (Å²) in [4.78, 5) is 25.5. The molecule has 7 heteroatoms. The normalized spacial score (nSPS) is 17.9. The van der Waals surface area contributed by atoms with Crippen LogP contribution in [0.25, 0.3) is 28.2 Å². The van der Waals surface area contributed by atoms with E-state index in [4.69, 9.17) is 4.98 Å². The first-order chi connectivity index (χ1) is 16.6. The Labute approximate surface area is 197 Å². The second-order valence-corrected chi connectivity index (χ2v) is 9.27. The number of aromatic nitrogens is 6. The molecule has 0 radical (unpaired) electrons. The van der Waals surface area contributed by atoms with Crippen molar-refractivity contribution in [3.63, 3.8) is 0 Å². The molecule has 2 atom stereocenters. The van der Waals surface area contributed by atoms with E-state index in [1.807, 2.05) is 33.6 Å². The zero-order valence-corrected chi connectivity index (χ0v) is 19.2. The molecule has 0 unspecified atom stereocenters. The fraction of sp³-hybridized carbons (Fsp3) is 0.259. The van der Waals surface area contributed by atoms with Gasteiger partial charge in [0.1, 0.15) is 5.52 Å². The van der Waals surface area contributed by atoms with Gasteiger partial charge in [-0.25, -0.2) is 19.4 Å². The van der Waals surface area contributed by atoms with Gasteiger partial charge in [-0.15, -0.1) is 0 Å². The highest BCUT2D eigenvalue weighted by Crippen LogP contribution is 2.46. The van der Waals surface area contributed by atoms with Crippen molar-refractivity contribution < 1.29 is 0 Å². The van der Waals surface area contributed by atoms with Gasteiger partial charge in [0.2, 0.25) is 0 Å². The van der Waals surface area contributed by atoms with E-state index >= 15 is 0 Å². The van der Waals surface area contributed by atoms with E-state index < -0.39 is 0 Å². The summed E-state index contributed by atoms with van der Waals surface area (Å²) in [5, 5.41) is 4.30. The molecule has 1 saturated carbocycles. The SMILES string of the molecule is CC(C)c1ccccc1-c1ncc2[nH]c(=O)n([C@@H]3CC[C@H]3c3ccc(-n4cccn4)cc3)c2n1. The average molecular weight is 451 g/mol. The molecule has 6 rings (SSSR count). The smallest absolute Gasteiger partial charge is 0.303 e. The molecule has 7 nitrogen and oxygen atoms in total. The van der Waals surface area contributed by atoms with Crippen LogP contribution in [0.5, 0.6) is 0 Å². The molecular formula is C27H26N6O. The third-order valence-electron chi connectivity index (χ3n) is 6.94. The Bertz CT molecular complexity index is 1510. The molecule has 2 aromatic carbocycles. The van der Waals surface area contributed by atoms with Gasteiger partial charge in [0, 0.05) is 29.9 Å². The lowest BCUT2D eigenvalue weighted by atomic mass is 9.75. The number of hydrogen-bond acceptors (Lipinski definition) is 4. The van der Waals surface area contributed by atoms with Gasteiger partial charge in [-0.3, -0.25) is 4.57 Å². The van der Waals surface area contributed by atoms with Gasteiger partial charge in [0.05, 0.1) is 11.9 Å². The lowest BCUT2D eigenvalue weighted by Gasteiger charge is -2.37. The third-order valence-corrected chi connectivity index (χ3v) is 6.94. The molecule has 0 bridgehead atoms. The van der Waals surface area contributed by atoms with Gasteiger partial charge in [-0.05, 0) is 48.1 Å². The maximum atomic E-state index is 13.0. The molecule has 34 heavy (non-hydrogen) atoms. The summed E-state index contributed by atoms with van der Waals surface area (Å²) in [6.07, 6.45) is 7.43. The number of benzene rings is 2. The fourth-order valence-corrected chi connectivity index (χ4v) is 5.03. The minimum atomic E-state index is -0.124. The topological polar surface area (TPSA) is 81.4 Å². The quantitative estimate of drug-likeness (QED) is 0.398. The first kappa shape index (κ1) is 20.6. The van der Waals surface area contributed by atoms with Crippen molar-refractivity contribution in [3.05, 3.63) is 94.8 Å². The Hall–Kier alpha value is -4.00. The zero-order chi connectivity index (χ0) is 23.2. The van der Waals surface area contributed by atoms with Crippen molar-refractivity contribution in [2.45, 2.75) is 44.6 Å². The Kier molecular flexibility index (Phi) is 4.90. The number of aromatic amines is 1. The van der Waals surface area contributed by atoms with Crippen LogP contribution in [0.3, 0.4) is 0 Å². The molecule has 0 spiro atoms. The maximum Gasteiger partial charge on any atom is 0.327 e. The molecule has 0 amide bonds. The first-order valence-electron chi connectivity index (χ1n) is 11.8. The number of nitrogens with zero attached hydrogens (tertiary/aromatic N) is 5. The summed E-state index contributed by atoms with van der Waals surface area (Å²) < 4.78 is 3.69. The van der Waals surface area contributed by atoms with Crippen molar-refractivity contribution in [2.75, 3.05) is 0 Å². The lowest BCUT2D eigenvalue weighted by Crippen LogP contribution is -2.33. The molecule has 5 aromatic rings. The van der Waals surface area contributed by atoms with Crippen molar-refractivity contribution in [1.82, 2.24) is 29.3 Å². The van der Waals surface area contributed by atoms with E-state index in [0.29, 0.717) is 22.9 Å². The van der Waals surface area contributed by atoms with Gasteiger partial charge in [-0.2, -0.15) is 5.10 Å². The Balaban J connectivity index is 1.38. The Morgan fingerprint density at radius 2 is 1.85 bits per heavy atom. The zero-order valence-electron chi connectivity index (χ0n) is 19.2. The van der Waals surface area contributed by atoms with Gasteiger partial charge >= 0.3 is 5.69 Å². The van der Waals surface area contributed by atoms with Gasteiger partial charge in [0.25, 0.3) is 0 Å². The van der Waals surface area contributed by atoms with Crippen LogP contribution < -0.4 is 5.69 Å². The van der Waals surface area contributed by atoms with Crippen LogP contribution in [0.2, 0.25) is 0 Å². The highest BCUT2D eigenvalue weighted by molar-refractivity contribution is 5.74. The number of hydrogen-bond donors (Lipinski definition) is 1. The second kappa shape index (κ2) is 8.09. The molecule has 0 saturated heterocycles. The lowest BCUT2D eigenvalue weighted by molar-refractivity contribution is 0.256. The molecule has 1 aliphatic carbocycles. The summed E-state index contributed by atoms with van der Waals surface area (Å²) in [5.74, 6) is 1.28. The Morgan fingerprint density at radius 3 is 2.56 bits per heavy atom. The van der Waals surface area contributed by atoms with Gasteiger partial charge in [0.15, 0.2) is 11.5 Å². The highest BCUT2D eigenvalue weighted by atomic mass is 16.1. The van der Waals surface area contributed by atoms with Crippen molar-refractivity contribution >= 4 is 11.2 Å². The summed E-state index contributed by atoms with van der Waals surface area (Å²) in [5.41, 5.74) is 5.69. The average Bonchev–Trinajstić information content (AvgIpc) is 3.47. The molecule has 3 heterocycles. The summed E-state index contributed by atoms with van der Waals surface area (Å²) in [6, 6.07) is 18.7. The van der Waals surface area contributed by atoms with E-state index in [1.165, 1.54) is 11.1 Å². The minimum Gasteiger partial charge on any atom is -0.303 e. The number of H-pyrrole nitrogens is 1. The number of imidazole rings is 1. The van der Waals surface area contributed by atoms with Crippen LogP contribution in [-0.2, 0) is 0 Å². The molecule has 1 aliphatic rings. The standard InChI is InChI=1S/C27H26N6O/c1-17(2)20-6-3-4-7-22(20)25-28-16-23-26(31-25)33(27(34)30-23)24-13-12-21(24)18-8-10-19(11-9-18)32-15-5-14-29-32/h3-11,14-17,21,24H,12-13H2,1-2H3,(H,30,34)/t21-,24+/m0/s1. The molecule has 1 fully saturated rings. The van der Waals surface area contributed by atoms with Crippen LogP contribution >= 0.6 is 0 Å². The molecule has 1 N–H and O–H groups in total. The molecule has 170 valence electrons. The van der Waals surface area contributed by atoms with Gasteiger partial charge < -0.3 is 4.98 Å². The molecular weight excluding hydrogens is 424 g/mol.